The molecule has 4 nitrogen and oxygen atoms in total. The van der Waals surface area contributed by atoms with Gasteiger partial charge in [-0.15, -0.1) is 0 Å². The summed E-state index contributed by atoms with van der Waals surface area (Å²) in [6.45, 7) is 2.77. The highest BCUT2D eigenvalue weighted by molar-refractivity contribution is 7.13. The van der Waals surface area contributed by atoms with E-state index in [1.54, 1.807) is 17.5 Å². The Morgan fingerprint density at radius 1 is 1.60 bits per heavy atom. The summed E-state index contributed by atoms with van der Waals surface area (Å²) in [6, 6.07) is 0. The van der Waals surface area contributed by atoms with E-state index < -0.39 is 0 Å². The first-order valence-corrected chi connectivity index (χ1v) is 6.09. The number of piperidine rings is 1. The van der Waals surface area contributed by atoms with E-state index in [9.17, 15) is 0 Å². The molecule has 84 valence electrons. The van der Waals surface area contributed by atoms with Gasteiger partial charge in [-0.1, -0.05) is 11.3 Å². The third-order valence-corrected chi connectivity index (χ3v) is 3.58. The first-order chi connectivity index (χ1) is 7.28. The van der Waals surface area contributed by atoms with Crippen LogP contribution in [0.1, 0.15) is 17.7 Å². The summed E-state index contributed by atoms with van der Waals surface area (Å²) in [6.07, 6.45) is 4.31. The summed E-state index contributed by atoms with van der Waals surface area (Å²) >= 11 is 1.56. The van der Waals surface area contributed by atoms with Gasteiger partial charge in [-0.2, -0.15) is 0 Å². The van der Waals surface area contributed by atoms with Gasteiger partial charge < -0.3 is 15.4 Å². The molecule has 0 unspecified atom stereocenters. The lowest BCUT2D eigenvalue weighted by Gasteiger charge is -2.28. The van der Waals surface area contributed by atoms with Gasteiger partial charge in [0.1, 0.15) is 6.10 Å². The number of rotatable bonds is 3. The van der Waals surface area contributed by atoms with Gasteiger partial charge in [-0.25, -0.2) is 4.98 Å². The number of hydrogen-bond donors (Lipinski definition) is 1. The number of likely N-dealkylation sites (tertiary alicyclic amines) is 1. The molecule has 1 aromatic rings. The Balaban J connectivity index is 1.86. The van der Waals surface area contributed by atoms with E-state index in [1.165, 1.54) is 0 Å². The van der Waals surface area contributed by atoms with Crippen molar-refractivity contribution in [2.45, 2.75) is 25.5 Å². The normalized spacial score (nSPS) is 19.3. The van der Waals surface area contributed by atoms with Crippen molar-refractivity contribution in [3.05, 3.63) is 11.1 Å². The van der Waals surface area contributed by atoms with Crippen molar-refractivity contribution in [2.24, 2.45) is 5.73 Å². The maximum atomic E-state index is 5.81. The molecule has 15 heavy (non-hydrogen) atoms. The fourth-order valence-corrected chi connectivity index (χ4v) is 2.39. The lowest BCUT2D eigenvalue weighted by molar-refractivity contribution is 0.114. The smallest absolute Gasteiger partial charge is 0.273 e. The summed E-state index contributed by atoms with van der Waals surface area (Å²) in [5, 5.41) is 0.769. The van der Waals surface area contributed by atoms with Crippen LogP contribution in [-0.2, 0) is 6.54 Å². The van der Waals surface area contributed by atoms with E-state index >= 15 is 0 Å². The van der Waals surface area contributed by atoms with Gasteiger partial charge >= 0.3 is 0 Å². The van der Waals surface area contributed by atoms with Crippen molar-refractivity contribution in [2.75, 3.05) is 20.1 Å². The van der Waals surface area contributed by atoms with Gasteiger partial charge in [0.05, 0.1) is 0 Å². The average molecular weight is 227 g/mol. The third-order valence-electron chi connectivity index (χ3n) is 2.67. The van der Waals surface area contributed by atoms with Crippen LogP contribution in [0.25, 0.3) is 0 Å². The van der Waals surface area contributed by atoms with Crippen molar-refractivity contribution in [3.63, 3.8) is 0 Å². The molecule has 0 spiro atoms. The van der Waals surface area contributed by atoms with Gasteiger partial charge in [0.15, 0.2) is 0 Å². The summed E-state index contributed by atoms with van der Waals surface area (Å²) in [5.74, 6) is 0. The average Bonchev–Trinajstić information content (AvgIpc) is 2.69. The first-order valence-electron chi connectivity index (χ1n) is 5.28. The Morgan fingerprint density at radius 3 is 2.93 bits per heavy atom. The molecule has 0 radical (unpaired) electrons. The lowest BCUT2D eigenvalue weighted by atomic mass is 10.1. The molecule has 1 aliphatic heterocycles. The fourth-order valence-electron chi connectivity index (χ4n) is 1.68. The predicted molar refractivity (Wildman–Crippen MR) is 61.2 cm³/mol. The summed E-state index contributed by atoms with van der Waals surface area (Å²) in [4.78, 5) is 7.61. The van der Waals surface area contributed by atoms with Gasteiger partial charge in [-0.05, 0) is 19.9 Å². The number of hydrogen-bond acceptors (Lipinski definition) is 5. The van der Waals surface area contributed by atoms with Crippen molar-refractivity contribution < 1.29 is 4.74 Å². The minimum Gasteiger partial charge on any atom is -0.467 e. The Hall–Kier alpha value is -0.650. The first kappa shape index (κ1) is 10.9. The van der Waals surface area contributed by atoms with E-state index in [4.69, 9.17) is 10.5 Å². The van der Waals surface area contributed by atoms with Crippen LogP contribution in [0.5, 0.6) is 5.19 Å². The molecular weight excluding hydrogens is 210 g/mol. The minimum absolute atomic E-state index is 0.331. The third kappa shape index (κ3) is 2.90. The Kier molecular flexibility index (Phi) is 3.56. The lowest BCUT2D eigenvalue weighted by Crippen LogP contribution is -2.35. The van der Waals surface area contributed by atoms with Crippen molar-refractivity contribution in [1.82, 2.24) is 9.88 Å². The zero-order valence-electron chi connectivity index (χ0n) is 8.98. The summed E-state index contributed by atoms with van der Waals surface area (Å²) < 4.78 is 5.81. The van der Waals surface area contributed by atoms with Crippen LogP contribution in [0.2, 0.25) is 0 Å². The van der Waals surface area contributed by atoms with Crippen molar-refractivity contribution >= 4 is 11.3 Å². The molecule has 1 aliphatic rings. The molecule has 0 aliphatic carbocycles. The minimum atomic E-state index is 0.331. The van der Waals surface area contributed by atoms with E-state index in [0.29, 0.717) is 12.6 Å². The van der Waals surface area contributed by atoms with Crippen LogP contribution in [0.15, 0.2) is 6.20 Å². The second-order valence-corrected chi connectivity index (χ2v) is 4.99. The summed E-state index contributed by atoms with van der Waals surface area (Å²) in [5.41, 5.74) is 5.52. The number of nitrogens with zero attached hydrogens (tertiary/aromatic N) is 2. The molecule has 2 rings (SSSR count). The number of aromatic nitrogens is 1. The highest BCUT2D eigenvalue weighted by atomic mass is 32.1. The largest absolute Gasteiger partial charge is 0.467 e. The molecule has 2 N–H and O–H groups in total. The second-order valence-electron chi connectivity index (χ2n) is 3.92. The standard InChI is InChI=1S/C10H17N3OS/c1-13-4-2-8(3-5-13)14-10-12-7-9(6-11)15-10/h7-8H,2-6,11H2,1H3. The molecule has 0 amide bonds. The van der Waals surface area contributed by atoms with E-state index in [-0.39, 0.29) is 0 Å². The molecule has 5 heteroatoms. The molecule has 1 aromatic heterocycles. The molecular formula is C10H17N3OS. The molecule has 0 aromatic carbocycles. The predicted octanol–water partition coefficient (Wildman–Crippen LogP) is 1.07. The number of thiazole rings is 1. The number of ether oxygens (including phenoxy) is 1. The Bertz CT molecular complexity index is 307. The molecule has 0 atom stereocenters. The Morgan fingerprint density at radius 2 is 2.33 bits per heavy atom. The van der Waals surface area contributed by atoms with Crippen LogP contribution in [0, 0.1) is 0 Å². The Labute approximate surface area is 94.1 Å². The molecule has 2 heterocycles. The highest BCUT2D eigenvalue weighted by Crippen LogP contribution is 2.23. The van der Waals surface area contributed by atoms with E-state index in [2.05, 4.69) is 16.9 Å². The van der Waals surface area contributed by atoms with Gasteiger partial charge in [0.25, 0.3) is 5.19 Å². The molecule has 0 bridgehead atoms. The van der Waals surface area contributed by atoms with Crippen LogP contribution in [-0.4, -0.2) is 36.1 Å². The monoisotopic (exact) mass is 227 g/mol. The molecule has 1 fully saturated rings. The molecule has 1 saturated heterocycles. The van der Waals surface area contributed by atoms with E-state index in [1.807, 2.05) is 0 Å². The van der Waals surface area contributed by atoms with Crippen LogP contribution in [0.3, 0.4) is 0 Å². The van der Waals surface area contributed by atoms with E-state index in [0.717, 1.165) is 36.0 Å². The van der Waals surface area contributed by atoms with Crippen LogP contribution < -0.4 is 10.5 Å². The quantitative estimate of drug-likeness (QED) is 0.839. The second kappa shape index (κ2) is 4.92. The topological polar surface area (TPSA) is 51.4 Å². The van der Waals surface area contributed by atoms with Crippen LogP contribution >= 0.6 is 11.3 Å². The van der Waals surface area contributed by atoms with Crippen molar-refractivity contribution in [1.29, 1.82) is 0 Å². The van der Waals surface area contributed by atoms with Gasteiger partial charge in [0, 0.05) is 30.7 Å². The fraction of sp³-hybridized carbons (Fsp3) is 0.700. The van der Waals surface area contributed by atoms with Crippen LogP contribution in [0.4, 0.5) is 0 Å². The SMILES string of the molecule is CN1CCC(Oc2ncc(CN)s2)CC1. The maximum Gasteiger partial charge on any atom is 0.273 e. The van der Waals surface area contributed by atoms with Crippen molar-refractivity contribution in [3.8, 4) is 5.19 Å². The number of nitrogens with two attached hydrogens (primary N) is 1. The highest BCUT2D eigenvalue weighted by Gasteiger charge is 2.18. The van der Waals surface area contributed by atoms with Gasteiger partial charge in [0.2, 0.25) is 0 Å². The maximum absolute atomic E-state index is 5.81. The summed E-state index contributed by atoms with van der Waals surface area (Å²) in [7, 11) is 2.14. The zero-order valence-corrected chi connectivity index (χ0v) is 9.80. The molecule has 0 saturated carbocycles. The zero-order chi connectivity index (χ0) is 10.7. The van der Waals surface area contributed by atoms with Gasteiger partial charge in [-0.3, -0.25) is 0 Å².